The Balaban J connectivity index is 1.30. The number of carbonyl (C=O) groups excluding carboxylic acids is 1. The van der Waals surface area contributed by atoms with Gasteiger partial charge in [0.05, 0.1) is 6.04 Å². The van der Waals surface area contributed by atoms with Crippen LogP contribution < -0.4 is 14.8 Å². The van der Waals surface area contributed by atoms with E-state index >= 15 is 0 Å². The van der Waals surface area contributed by atoms with Crippen molar-refractivity contribution in [2.75, 3.05) is 6.79 Å². The van der Waals surface area contributed by atoms with Gasteiger partial charge in [-0.1, -0.05) is 24.3 Å². The van der Waals surface area contributed by atoms with E-state index in [0.717, 1.165) is 35.4 Å². The average molecular weight is 350 g/mol. The zero-order chi connectivity index (χ0) is 17.9. The third-order valence-electron chi connectivity index (χ3n) is 4.80. The van der Waals surface area contributed by atoms with Gasteiger partial charge in [0.2, 0.25) is 12.7 Å². The first-order chi connectivity index (χ1) is 12.7. The molecule has 1 aromatic heterocycles. The lowest BCUT2D eigenvalue weighted by Gasteiger charge is -2.15. The highest BCUT2D eigenvalue weighted by Gasteiger charge is 2.16. The molecule has 0 fully saturated rings. The number of aromatic amines is 1. The van der Waals surface area contributed by atoms with E-state index in [1.165, 1.54) is 10.9 Å². The van der Waals surface area contributed by atoms with Crippen molar-refractivity contribution in [1.82, 2.24) is 10.3 Å². The lowest BCUT2D eigenvalue weighted by atomic mass is 10.1. The van der Waals surface area contributed by atoms with Crippen LogP contribution in [0.1, 0.15) is 36.9 Å². The van der Waals surface area contributed by atoms with Gasteiger partial charge in [-0.2, -0.15) is 0 Å². The number of rotatable bonds is 6. The van der Waals surface area contributed by atoms with E-state index < -0.39 is 0 Å². The van der Waals surface area contributed by atoms with E-state index in [9.17, 15) is 4.79 Å². The zero-order valence-corrected chi connectivity index (χ0v) is 14.7. The Bertz CT molecular complexity index is 932. The standard InChI is InChI=1S/C21H22N2O3/c1-14(15-9-10-19-20(11-15)26-13-25-19)23-21(24)8-4-5-16-12-22-18-7-3-2-6-17(16)18/h2-3,6-7,9-12,14,22H,4-5,8,13H2,1H3,(H,23,24). The van der Waals surface area contributed by atoms with E-state index in [1.807, 2.05) is 43.5 Å². The molecule has 2 heterocycles. The lowest BCUT2D eigenvalue weighted by Crippen LogP contribution is -2.26. The number of para-hydroxylation sites is 1. The zero-order valence-electron chi connectivity index (χ0n) is 14.7. The first kappa shape index (κ1) is 16.5. The molecule has 1 aliphatic heterocycles. The Morgan fingerprint density at radius 3 is 2.96 bits per heavy atom. The van der Waals surface area contributed by atoms with Gasteiger partial charge in [0.1, 0.15) is 0 Å². The van der Waals surface area contributed by atoms with Gasteiger partial charge in [-0.15, -0.1) is 0 Å². The van der Waals surface area contributed by atoms with Crippen LogP contribution in [0, 0.1) is 0 Å². The third kappa shape index (κ3) is 3.38. The molecule has 4 rings (SSSR count). The largest absolute Gasteiger partial charge is 0.454 e. The van der Waals surface area contributed by atoms with Crippen LogP contribution in [0.5, 0.6) is 11.5 Å². The maximum Gasteiger partial charge on any atom is 0.231 e. The number of hydrogen-bond acceptors (Lipinski definition) is 3. The van der Waals surface area contributed by atoms with Crippen LogP contribution in [-0.4, -0.2) is 17.7 Å². The van der Waals surface area contributed by atoms with Gasteiger partial charge in [-0.3, -0.25) is 4.79 Å². The minimum atomic E-state index is -0.0647. The number of benzene rings is 2. The molecule has 1 aliphatic rings. The Kier molecular flexibility index (Phi) is 4.52. The molecule has 0 saturated heterocycles. The second-order valence-electron chi connectivity index (χ2n) is 6.61. The predicted molar refractivity (Wildman–Crippen MR) is 100 cm³/mol. The molecular formula is C21H22N2O3. The minimum absolute atomic E-state index is 0.0647. The molecule has 3 aromatic rings. The molecule has 0 spiro atoms. The first-order valence-electron chi connectivity index (χ1n) is 8.94. The van der Waals surface area contributed by atoms with Crippen LogP contribution in [0.15, 0.2) is 48.7 Å². The molecule has 1 atom stereocenters. The van der Waals surface area contributed by atoms with Gasteiger partial charge in [-0.05, 0) is 49.1 Å². The number of aryl methyl sites for hydroxylation is 1. The van der Waals surface area contributed by atoms with E-state index in [2.05, 4.69) is 22.4 Å². The van der Waals surface area contributed by atoms with Crippen LogP contribution in [0.2, 0.25) is 0 Å². The van der Waals surface area contributed by atoms with E-state index in [4.69, 9.17) is 9.47 Å². The summed E-state index contributed by atoms with van der Waals surface area (Å²) in [6.45, 7) is 2.24. The fraction of sp³-hybridized carbons (Fsp3) is 0.286. The molecule has 0 aliphatic carbocycles. The summed E-state index contributed by atoms with van der Waals surface area (Å²) in [6.07, 6.45) is 4.25. The van der Waals surface area contributed by atoms with Gasteiger partial charge < -0.3 is 19.8 Å². The van der Waals surface area contributed by atoms with Gasteiger partial charge in [0.25, 0.3) is 0 Å². The van der Waals surface area contributed by atoms with Crippen LogP contribution in [0.4, 0.5) is 0 Å². The fourth-order valence-corrected chi connectivity index (χ4v) is 3.36. The SMILES string of the molecule is CC(NC(=O)CCCc1c[nH]c2ccccc12)c1ccc2c(c1)OCO2. The molecular weight excluding hydrogens is 328 g/mol. The number of nitrogens with one attached hydrogen (secondary N) is 2. The highest BCUT2D eigenvalue weighted by molar-refractivity contribution is 5.83. The Labute approximate surface area is 152 Å². The summed E-state index contributed by atoms with van der Waals surface area (Å²) in [5.41, 5.74) is 3.42. The number of aromatic nitrogens is 1. The summed E-state index contributed by atoms with van der Waals surface area (Å²) >= 11 is 0. The number of carbonyl (C=O) groups is 1. The summed E-state index contributed by atoms with van der Waals surface area (Å²) in [5, 5.41) is 4.30. The topological polar surface area (TPSA) is 63.4 Å². The summed E-state index contributed by atoms with van der Waals surface area (Å²) < 4.78 is 10.7. The van der Waals surface area contributed by atoms with Crippen molar-refractivity contribution >= 4 is 16.8 Å². The molecule has 0 bridgehead atoms. The monoisotopic (exact) mass is 350 g/mol. The molecule has 1 unspecified atom stereocenters. The quantitative estimate of drug-likeness (QED) is 0.704. The predicted octanol–water partition coefficient (Wildman–Crippen LogP) is 4.10. The Hall–Kier alpha value is -2.95. The van der Waals surface area contributed by atoms with Crippen LogP contribution >= 0.6 is 0 Å². The number of H-pyrrole nitrogens is 1. The molecule has 0 saturated carbocycles. The normalized spacial score (nSPS) is 13.7. The highest BCUT2D eigenvalue weighted by Crippen LogP contribution is 2.34. The molecule has 2 N–H and O–H groups in total. The number of amides is 1. The smallest absolute Gasteiger partial charge is 0.231 e. The summed E-state index contributed by atoms with van der Waals surface area (Å²) in [4.78, 5) is 15.6. The van der Waals surface area contributed by atoms with E-state index in [1.54, 1.807) is 0 Å². The van der Waals surface area contributed by atoms with Crippen LogP contribution in [-0.2, 0) is 11.2 Å². The van der Waals surface area contributed by atoms with Crippen LogP contribution in [0.3, 0.4) is 0 Å². The third-order valence-corrected chi connectivity index (χ3v) is 4.80. The van der Waals surface area contributed by atoms with Crippen molar-refractivity contribution in [3.8, 4) is 11.5 Å². The number of fused-ring (bicyclic) bond motifs is 2. The molecule has 2 aromatic carbocycles. The summed E-state index contributed by atoms with van der Waals surface area (Å²) in [6, 6.07) is 14.0. The first-order valence-corrected chi connectivity index (χ1v) is 8.94. The maximum atomic E-state index is 12.3. The molecule has 26 heavy (non-hydrogen) atoms. The summed E-state index contributed by atoms with van der Waals surface area (Å²) in [7, 11) is 0. The molecule has 5 nitrogen and oxygen atoms in total. The van der Waals surface area contributed by atoms with Crippen molar-refractivity contribution in [2.45, 2.75) is 32.2 Å². The van der Waals surface area contributed by atoms with E-state index in [0.29, 0.717) is 6.42 Å². The van der Waals surface area contributed by atoms with Crippen LogP contribution in [0.25, 0.3) is 10.9 Å². The molecule has 1 amide bonds. The van der Waals surface area contributed by atoms with Crippen molar-refractivity contribution in [2.24, 2.45) is 0 Å². The fourth-order valence-electron chi connectivity index (χ4n) is 3.36. The maximum absolute atomic E-state index is 12.3. The molecule has 134 valence electrons. The summed E-state index contributed by atoms with van der Waals surface area (Å²) in [5.74, 6) is 1.56. The van der Waals surface area contributed by atoms with Gasteiger partial charge in [0.15, 0.2) is 11.5 Å². The highest BCUT2D eigenvalue weighted by atomic mass is 16.7. The molecule has 5 heteroatoms. The Morgan fingerprint density at radius 2 is 2.04 bits per heavy atom. The van der Waals surface area contributed by atoms with Crippen molar-refractivity contribution in [3.63, 3.8) is 0 Å². The number of ether oxygens (including phenoxy) is 2. The lowest BCUT2D eigenvalue weighted by molar-refractivity contribution is -0.121. The second kappa shape index (κ2) is 7.12. The number of hydrogen-bond donors (Lipinski definition) is 2. The average Bonchev–Trinajstić information content (AvgIpc) is 3.28. The van der Waals surface area contributed by atoms with Crippen molar-refractivity contribution in [1.29, 1.82) is 0 Å². The van der Waals surface area contributed by atoms with E-state index in [-0.39, 0.29) is 18.7 Å². The van der Waals surface area contributed by atoms with Gasteiger partial charge in [-0.25, -0.2) is 0 Å². The molecule has 0 radical (unpaired) electrons. The van der Waals surface area contributed by atoms with Crippen molar-refractivity contribution < 1.29 is 14.3 Å². The van der Waals surface area contributed by atoms with Gasteiger partial charge >= 0.3 is 0 Å². The Morgan fingerprint density at radius 1 is 1.19 bits per heavy atom. The van der Waals surface area contributed by atoms with Gasteiger partial charge in [0, 0.05) is 23.5 Å². The van der Waals surface area contributed by atoms with Crippen molar-refractivity contribution in [3.05, 3.63) is 59.8 Å². The second-order valence-corrected chi connectivity index (χ2v) is 6.61. The minimum Gasteiger partial charge on any atom is -0.454 e.